The number of ketones is 1. The van der Waals surface area contributed by atoms with Gasteiger partial charge in [0.15, 0.2) is 0 Å². The molecule has 1 aliphatic rings. The van der Waals surface area contributed by atoms with Crippen LogP contribution in [0.1, 0.15) is 58.3 Å². The van der Waals surface area contributed by atoms with Gasteiger partial charge in [-0.05, 0) is 46.2 Å². The highest BCUT2D eigenvalue weighted by atomic mass is 16.7. The molecule has 0 spiro atoms. The van der Waals surface area contributed by atoms with Gasteiger partial charge in [-0.1, -0.05) is 6.58 Å². The van der Waals surface area contributed by atoms with Gasteiger partial charge in [-0.2, -0.15) is 0 Å². The van der Waals surface area contributed by atoms with Crippen molar-refractivity contribution in [2.24, 2.45) is 0 Å². The van der Waals surface area contributed by atoms with E-state index in [9.17, 15) is 19.2 Å². The molecule has 1 N–H and O–H groups in total. The number of rotatable bonds is 12. The van der Waals surface area contributed by atoms with Gasteiger partial charge in [-0.15, -0.1) is 5.06 Å². The van der Waals surface area contributed by atoms with Crippen LogP contribution < -0.4 is 5.32 Å². The van der Waals surface area contributed by atoms with Gasteiger partial charge < -0.3 is 10.2 Å². The maximum Gasteiger partial charge on any atom is 0.333 e. The Bertz CT molecular complexity index is 558. The fourth-order valence-corrected chi connectivity index (χ4v) is 2.90. The molecule has 0 aromatic carbocycles. The molecule has 8 heteroatoms. The summed E-state index contributed by atoms with van der Waals surface area (Å²) >= 11 is 0. The second-order valence-electron chi connectivity index (χ2n) is 7.00. The average molecular weight is 381 g/mol. The van der Waals surface area contributed by atoms with Crippen LogP contribution in [-0.2, 0) is 24.0 Å². The number of amides is 2. The Morgan fingerprint density at radius 2 is 1.89 bits per heavy atom. The fourth-order valence-electron chi connectivity index (χ4n) is 2.90. The third kappa shape index (κ3) is 8.34. The number of hydrogen-bond donors (Lipinski definition) is 1. The average Bonchev–Trinajstić information content (AvgIpc) is 2.89. The summed E-state index contributed by atoms with van der Waals surface area (Å²) in [5.74, 6) is -0.775. The number of hydroxylamine groups is 2. The van der Waals surface area contributed by atoms with Crippen LogP contribution in [0.25, 0.3) is 0 Å². The highest BCUT2D eigenvalue weighted by Gasteiger charge is 2.28. The van der Waals surface area contributed by atoms with Gasteiger partial charge in [0.1, 0.15) is 5.78 Å². The predicted octanol–water partition coefficient (Wildman–Crippen LogP) is 1.56. The number of nitrogens with one attached hydrogen (secondary N) is 1. The van der Waals surface area contributed by atoms with Crippen molar-refractivity contribution in [1.29, 1.82) is 0 Å². The minimum Gasteiger partial charge on any atom is -0.356 e. The van der Waals surface area contributed by atoms with Gasteiger partial charge in [-0.25, -0.2) is 4.79 Å². The molecule has 0 aromatic heterocycles. The smallest absolute Gasteiger partial charge is 0.333 e. The maximum absolute atomic E-state index is 12.4. The highest BCUT2D eigenvalue weighted by molar-refractivity contribution is 5.85. The van der Waals surface area contributed by atoms with Crippen molar-refractivity contribution in [2.75, 3.05) is 20.6 Å². The van der Waals surface area contributed by atoms with Crippen molar-refractivity contribution in [2.45, 2.75) is 64.3 Å². The molecule has 0 bridgehead atoms. The van der Waals surface area contributed by atoms with Crippen molar-refractivity contribution in [3.63, 3.8) is 0 Å². The number of Topliss-reactive ketones (excluding diaryl/α,β-unsaturated/α-hetero) is 1. The molecule has 1 saturated heterocycles. The van der Waals surface area contributed by atoms with Crippen LogP contribution in [0.2, 0.25) is 0 Å². The molecule has 1 rings (SSSR count). The molecule has 0 saturated carbocycles. The zero-order valence-electron chi connectivity index (χ0n) is 16.6. The second kappa shape index (κ2) is 11.5. The Hall–Kier alpha value is -2.22. The van der Waals surface area contributed by atoms with Crippen LogP contribution in [0, 0.1) is 0 Å². The van der Waals surface area contributed by atoms with Gasteiger partial charge in [0.25, 0.3) is 5.91 Å². The van der Waals surface area contributed by atoms with Crippen molar-refractivity contribution in [3.8, 4) is 0 Å². The number of nitrogens with zero attached hydrogens (tertiary/aromatic N) is 2. The first kappa shape index (κ1) is 22.8. The van der Waals surface area contributed by atoms with Gasteiger partial charge >= 0.3 is 5.97 Å². The molecule has 1 heterocycles. The third-order valence-electron chi connectivity index (χ3n) is 4.41. The van der Waals surface area contributed by atoms with E-state index >= 15 is 0 Å². The molecule has 0 radical (unpaired) electrons. The summed E-state index contributed by atoms with van der Waals surface area (Å²) in [6.07, 6.45) is 3.88. The normalized spacial score (nSPS) is 15.2. The van der Waals surface area contributed by atoms with Crippen LogP contribution in [0.5, 0.6) is 0 Å². The minimum absolute atomic E-state index is 0.0543. The Balaban J connectivity index is 2.30. The van der Waals surface area contributed by atoms with Crippen LogP contribution >= 0.6 is 0 Å². The van der Waals surface area contributed by atoms with Crippen LogP contribution in [0.15, 0.2) is 12.3 Å². The van der Waals surface area contributed by atoms with E-state index in [1.165, 1.54) is 6.92 Å². The topological polar surface area (TPSA) is 96.0 Å². The number of carbonyl (C=O) groups excluding carboxylic acids is 4. The first-order valence-corrected chi connectivity index (χ1v) is 9.37. The lowest BCUT2D eigenvalue weighted by atomic mass is 10.00. The van der Waals surface area contributed by atoms with Gasteiger partial charge in [0, 0.05) is 32.7 Å². The molecule has 8 nitrogen and oxygen atoms in total. The Labute approximate surface area is 160 Å². The summed E-state index contributed by atoms with van der Waals surface area (Å²) < 4.78 is 0. The molecule has 0 aromatic rings. The number of carbonyl (C=O) groups is 4. The Morgan fingerprint density at radius 3 is 2.44 bits per heavy atom. The molecule has 152 valence electrons. The predicted molar refractivity (Wildman–Crippen MR) is 100 cm³/mol. The van der Waals surface area contributed by atoms with Gasteiger partial charge in [-0.3, -0.25) is 19.3 Å². The zero-order chi connectivity index (χ0) is 20.4. The molecule has 1 fully saturated rings. The molecule has 2 amide bonds. The summed E-state index contributed by atoms with van der Waals surface area (Å²) in [7, 11) is 3.71. The molecular formula is C19H31N3O5. The van der Waals surface area contributed by atoms with E-state index in [4.69, 9.17) is 4.84 Å². The molecule has 1 aliphatic heterocycles. The fraction of sp³-hybridized carbons (Fsp3) is 0.684. The monoisotopic (exact) mass is 381 g/mol. The number of allylic oxidation sites excluding steroid dienone is 1. The van der Waals surface area contributed by atoms with E-state index in [1.54, 1.807) is 0 Å². The first-order chi connectivity index (χ1) is 12.7. The summed E-state index contributed by atoms with van der Waals surface area (Å²) in [5.41, 5.74) is 0.483. The summed E-state index contributed by atoms with van der Waals surface area (Å²) in [4.78, 5) is 53.6. The number of likely N-dealkylation sites (N-methyl/N-ethyl adjacent to an activating group) is 1. The minimum atomic E-state index is -0.532. The van der Waals surface area contributed by atoms with E-state index in [2.05, 4.69) is 11.9 Å². The zero-order valence-corrected chi connectivity index (χ0v) is 16.6. The van der Waals surface area contributed by atoms with E-state index < -0.39 is 5.97 Å². The van der Waals surface area contributed by atoms with E-state index in [0.29, 0.717) is 37.9 Å². The Morgan fingerprint density at radius 1 is 1.19 bits per heavy atom. The van der Waals surface area contributed by atoms with Crippen LogP contribution in [-0.4, -0.2) is 60.2 Å². The summed E-state index contributed by atoms with van der Waals surface area (Å²) in [6.45, 7) is 5.77. The summed E-state index contributed by atoms with van der Waals surface area (Å²) in [6, 6.07) is -0.210. The van der Waals surface area contributed by atoms with Crippen molar-refractivity contribution >= 4 is 23.6 Å². The standard InChI is InChI=1S/C19H31N3O5/c1-14-11-12-18(25)22(14)27-19(26)10-7-9-17(24)16(21(3)4)8-5-6-13-20-15(2)23/h16H,1,5-13H2,2-4H3,(H,20,23). The molecule has 27 heavy (non-hydrogen) atoms. The van der Waals surface area contributed by atoms with Crippen molar-refractivity contribution in [3.05, 3.63) is 12.3 Å². The lowest BCUT2D eigenvalue weighted by Gasteiger charge is -2.23. The molecule has 1 unspecified atom stereocenters. The van der Waals surface area contributed by atoms with E-state index in [-0.39, 0.29) is 36.5 Å². The van der Waals surface area contributed by atoms with E-state index in [1.807, 2.05) is 19.0 Å². The second-order valence-corrected chi connectivity index (χ2v) is 7.00. The lowest BCUT2D eigenvalue weighted by Crippen LogP contribution is -2.36. The third-order valence-corrected chi connectivity index (χ3v) is 4.41. The molecule has 0 aliphatic carbocycles. The van der Waals surface area contributed by atoms with Gasteiger partial charge in [0.05, 0.1) is 11.7 Å². The van der Waals surface area contributed by atoms with Gasteiger partial charge in [0.2, 0.25) is 5.91 Å². The number of hydrogen-bond acceptors (Lipinski definition) is 6. The number of unbranched alkanes of at least 4 members (excludes halogenated alkanes) is 1. The van der Waals surface area contributed by atoms with E-state index in [0.717, 1.165) is 17.9 Å². The lowest BCUT2D eigenvalue weighted by molar-refractivity contribution is -0.186. The van der Waals surface area contributed by atoms with Crippen LogP contribution in [0.4, 0.5) is 0 Å². The highest BCUT2D eigenvalue weighted by Crippen LogP contribution is 2.21. The molecular weight excluding hydrogens is 350 g/mol. The largest absolute Gasteiger partial charge is 0.356 e. The Kier molecular flexibility index (Phi) is 9.71. The summed E-state index contributed by atoms with van der Waals surface area (Å²) in [5, 5.41) is 3.70. The SMILES string of the molecule is C=C1CCC(=O)N1OC(=O)CCCC(=O)C(CCCCNC(C)=O)N(C)C. The van der Waals surface area contributed by atoms with Crippen LogP contribution in [0.3, 0.4) is 0 Å². The maximum atomic E-state index is 12.4. The van der Waals surface area contributed by atoms with Crippen molar-refractivity contribution in [1.82, 2.24) is 15.3 Å². The first-order valence-electron chi connectivity index (χ1n) is 9.37. The van der Waals surface area contributed by atoms with Crippen molar-refractivity contribution < 1.29 is 24.0 Å². The molecule has 1 atom stereocenters. The quantitative estimate of drug-likeness (QED) is 0.515.